The molecule has 1 heterocycles. The van der Waals surface area contributed by atoms with Crippen LogP contribution in [0.3, 0.4) is 0 Å². The fourth-order valence-corrected chi connectivity index (χ4v) is 3.31. The van der Waals surface area contributed by atoms with Gasteiger partial charge in [0.15, 0.2) is 11.8 Å². The van der Waals surface area contributed by atoms with E-state index in [4.69, 9.17) is 4.74 Å². The molecule has 3 aromatic rings. The molecule has 7 heteroatoms. The van der Waals surface area contributed by atoms with Crippen LogP contribution in [0.1, 0.15) is 34.7 Å². The Morgan fingerprint density at radius 2 is 1.71 bits per heavy atom. The zero-order valence-electron chi connectivity index (χ0n) is 15.3. The van der Waals surface area contributed by atoms with Crippen LogP contribution in [0.15, 0.2) is 60.0 Å². The number of hydrogen-bond acceptors (Lipinski definition) is 6. The van der Waals surface area contributed by atoms with Gasteiger partial charge in [-0.05, 0) is 31.2 Å². The number of ether oxygens (including phenoxy) is 1. The number of amides is 1. The van der Waals surface area contributed by atoms with Gasteiger partial charge in [0.05, 0.1) is 0 Å². The van der Waals surface area contributed by atoms with Crippen LogP contribution in [0, 0.1) is 0 Å². The Kier molecular flexibility index (Phi) is 5.96. The van der Waals surface area contributed by atoms with Crippen molar-refractivity contribution < 1.29 is 19.1 Å². The van der Waals surface area contributed by atoms with Crippen LogP contribution in [0.2, 0.25) is 0 Å². The second-order valence-electron chi connectivity index (χ2n) is 6.07. The molecule has 0 aliphatic carbocycles. The van der Waals surface area contributed by atoms with Gasteiger partial charge in [-0.3, -0.25) is 9.59 Å². The van der Waals surface area contributed by atoms with E-state index >= 15 is 0 Å². The number of esters is 1. The lowest BCUT2D eigenvalue weighted by Gasteiger charge is -2.12. The van der Waals surface area contributed by atoms with Gasteiger partial charge < -0.3 is 10.1 Å². The molecule has 0 radical (unpaired) electrons. The van der Waals surface area contributed by atoms with Gasteiger partial charge in [-0.2, -0.15) is 0 Å². The maximum atomic E-state index is 12.5. The lowest BCUT2D eigenvalue weighted by molar-refractivity contribution is -0.114. The first-order valence-electron chi connectivity index (χ1n) is 8.58. The average Bonchev–Trinajstić information content (AvgIpc) is 3.18. The first-order chi connectivity index (χ1) is 13.4. The molecule has 1 N–H and O–H groups in total. The van der Waals surface area contributed by atoms with E-state index in [-0.39, 0.29) is 17.4 Å². The molecule has 0 aliphatic rings. The standard InChI is InChI=1S/C21H18N2O4S/c1-13(19(25)15-8-10-17(11-9-15)22-14(2)24)27-21(26)18-12-28-20(23-18)16-6-4-3-5-7-16/h3-13H,1-2H3,(H,22,24)/t13-/m1/s1. The van der Waals surface area contributed by atoms with Crippen molar-refractivity contribution in [1.82, 2.24) is 4.98 Å². The van der Waals surface area contributed by atoms with E-state index in [2.05, 4.69) is 10.3 Å². The van der Waals surface area contributed by atoms with Gasteiger partial charge in [0.1, 0.15) is 5.01 Å². The van der Waals surface area contributed by atoms with Crippen LogP contribution in [0.5, 0.6) is 0 Å². The van der Waals surface area contributed by atoms with Gasteiger partial charge in [0, 0.05) is 29.1 Å². The molecule has 142 valence electrons. The van der Waals surface area contributed by atoms with Gasteiger partial charge in [-0.1, -0.05) is 30.3 Å². The Bertz CT molecular complexity index is 997. The van der Waals surface area contributed by atoms with Crippen molar-refractivity contribution in [3.63, 3.8) is 0 Å². The second kappa shape index (κ2) is 8.58. The lowest BCUT2D eigenvalue weighted by atomic mass is 10.1. The predicted octanol–water partition coefficient (Wildman–Crippen LogP) is 4.20. The summed E-state index contributed by atoms with van der Waals surface area (Å²) in [7, 11) is 0. The largest absolute Gasteiger partial charge is 0.450 e. The smallest absolute Gasteiger partial charge is 0.358 e. The Labute approximate surface area is 166 Å². The van der Waals surface area contributed by atoms with Gasteiger partial charge in [0.25, 0.3) is 0 Å². The molecule has 1 aromatic heterocycles. The van der Waals surface area contributed by atoms with Crippen LogP contribution in [0.25, 0.3) is 10.6 Å². The Morgan fingerprint density at radius 1 is 1.04 bits per heavy atom. The van der Waals surface area contributed by atoms with E-state index in [0.717, 1.165) is 5.56 Å². The fraction of sp³-hybridized carbons (Fsp3) is 0.143. The highest BCUT2D eigenvalue weighted by Gasteiger charge is 2.22. The minimum Gasteiger partial charge on any atom is -0.450 e. The van der Waals surface area contributed by atoms with Crippen molar-refractivity contribution in [2.45, 2.75) is 20.0 Å². The number of nitrogens with zero attached hydrogens (tertiary/aromatic N) is 1. The molecular weight excluding hydrogens is 376 g/mol. The summed E-state index contributed by atoms with van der Waals surface area (Å²) in [5.41, 5.74) is 2.06. The predicted molar refractivity (Wildman–Crippen MR) is 108 cm³/mol. The van der Waals surface area contributed by atoms with Crippen LogP contribution in [-0.2, 0) is 9.53 Å². The minimum atomic E-state index is -0.957. The number of anilines is 1. The summed E-state index contributed by atoms with van der Waals surface area (Å²) in [4.78, 5) is 40.2. The molecular formula is C21H18N2O4S. The Morgan fingerprint density at radius 3 is 2.36 bits per heavy atom. The lowest BCUT2D eigenvalue weighted by Crippen LogP contribution is -2.24. The molecule has 0 bridgehead atoms. The van der Waals surface area contributed by atoms with E-state index in [1.165, 1.54) is 25.2 Å². The summed E-state index contributed by atoms with van der Waals surface area (Å²) in [6.45, 7) is 2.93. The second-order valence-corrected chi connectivity index (χ2v) is 6.93. The summed E-state index contributed by atoms with van der Waals surface area (Å²) in [5.74, 6) is -1.17. The van der Waals surface area contributed by atoms with Gasteiger partial charge in [0.2, 0.25) is 11.7 Å². The number of Topliss-reactive ketones (excluding diaryl/α,β-unsaturated/α-hetero) is 1. The topological polar surface area (TPSA) is 85.4 Å². The van der Waals surface area contributed by atoms with Gasteiger partial charge in [-0.15, -0.1) is 11.3 Å². The highest BCUT2D eigenvalue weighted by molar-refractivity contribution is 7.13. The van der Waals surface area contributed by atoms with Gasteiger partial charge >= 0.3 is 5.97 Å². The van der Waals surface area contributed by atoms with E-state index in [1.807, 2.05) is 30.3 Å². The summed E-state index contributed by atoms with van der Waals surface area (Å²) in [6, 6.07) is 15.9. The first-order valence-corrected chi connectivity index (χ1v) is 9.46. The molecule has 0 spiro atoms. The number of carbonyl (C=O) groups excluding carboxylic acids is 3. The van der Waals surface area contributed by atoms with Crippen molar-refractivity contribution in [1.29, 1.82) is 0 Å². The molecule has 0 aliphatic heterocycles. The SMILES string of the molecule is CC(=O)Nc1ccc(C(=O)[C@@H](C)OC(=O)c2csc(-c3ccccc3)n2)cc1. The summed E-state index contributed by atoms with van der Waals surface area (Å²) >= 11 is 1.34. The van der Waals surface area contributed by atoms with Crippen LogP contribution in [0.4, 0.5) is 5.69 Å². The molecule has 1 amide bonds. The number of aromatic nitrogens is 1. The number of benzene rings is 2. The molecule has 0 unspecified atom stereocenters. The summed E-state index contributed by atoms with van der Waals surface area (Å²) in [6.07, 6.45) is -0.957. The van der Waals surface area contributed by atoms with E-state index < -0.39 is 12.1 Å². The van der Waals surface area contributed by atoms with E-state index in [9.17, 15) is 14.4 Å². The van der Waals surface area contributed by atoms with E-state index in [0.29, 0.717) is 16.3 Å². The molecule has 0 saturated carbocycles. The quantitative estimate of drug-likeness (QED) is 0.500. The number of carbonyl (C=O) groups is 3. The monoisotopic (exact) mass is 394 g/mol. The number of nitrogens with one attached hydrogen (secondary N) is 1. The number of ketones is 1. The minimum absolute atomic E-state index is 0.171. The molecule has 28 heavy (non-hydrogen) atoms. The zero-order chi connectivity index (χ0) is 20.1. The molecule has 6 nitrogen and oxygen atoms in total. The highest BCUT2D eigenvalue weighted by atomic mass is 32.1. The van der Waals surface area contributed by atoms with Crippen LogP contribution < -0.4 is 5.32 Å². The molecule has 3 rings (SSSR count). The van der Waals surface area contributed by atoms with Crippen molar-refractivity contribution in [3.8, 4) is 10.6 Å². The maximum absolute atomic E-state index is 12.5. The van der Waals surface area contributed by atoms with Crippen LogP contribution in [-0.4, -0.2) is 28.7 Å². The van der Waals surface area contributed by atoms with Crippen molar-refractivity contribution in [3.05, 3.63) is 71.2 Å². The van der Waals surface area contributed by atoms with Gasteiger partial charge in [-0.25, -0.2) is 9.78 Å². The number of rotatable bonds is 6. The van der Waals surface area contributed by atoms with Crippen LogP contribution >= 0.6 is 11.3 Å². The molecule has 0 saturated heterocycles. The summed E-state index contributed by atoms with van der Waals surface area (Å²) < 4.78 is 5.28. The maximum Gasteiger partial charge on any atom is 0.358 e. The molecule has 1 atom stereocenters. The first kappa shape index (κ1) is 19.4. The number of hydrogen-bond donors (Lipinski definition) is 1. The third kappa shape index (κ3) is 4.69. The Balaban J connectivity index is 1.64. The molecule has 2 aromatic carbocycles. The zero-order valence-corrected chi connectivity index (χ0v) is 16.2. The van der Waals surface area contributed by atoms with E-state index in [1.54, 1.807) is 29.6 Å². The third-order valence-electron chi connectivity index (χ3n) is 3.88. The van der Waals surface area contributed by atoms with Crippen molar-refractivity contribution in [2.24, 2.45) is 0 Å². The third-order valence-corrected chi connectivity index (χ3v) is 4.77. The summed E-state index contributed by atoms with van der Waals surface area (Å²) in [5, 5.41) is 4.95. The molecule has 0 fully saturated rings. The Hall–Kier alpha value is -3.32. The fourth-order valence-electron chi connectivity index (χ4n) is 2.51. The van der Waals surface area contributed by atoms with Crippen molar-refractivity contribution in [2.75, 3.05) is 5.32 Å². The highest BCUT2D eigenvalue weighted by Crippen LogP contribution is 2.24. The normalized spacial score (nSPS) is 11.5. The van der Waals surface area contributed by atoms with Crippen molar-refractivity contribution >= 4 is 34.7 Å². The average molecular weight is 394 g/mol. The number of thiazole rings is 1.